The highest BCUT2D eigenvalue weighted by Gasteiger charge is 2.28. The van der Waals surface area contributed by atoms with Crippen LogP contribution in [0.3, 0.4) is 0 Å². The summed E-state index contributed by atoms with van der Waals surface area (Å²) in [6.07, 6.45) is 1.83. The third-order valence-corrected chi connectivity index (χ3v) is 3.54. The quantitative estimate of drug-likeness (QED) is 0.524. The molecule has 1 atom stereocenters. The van der Waals surface area contributed by atoms with E-state index in [1.54, 1.807) is 12.1 Å². The molecule has 2 N–H and O–H groups in total. The first kappa shape index (κ1) is 12.2. The van der Waals surface area contributed by atoms with Gasteiger partial charge in [0.15, 0.2) is 12.0 Å². The van der Waals surface area contributed by atoms with Crippen molar-refractivity contribution in [3.8, 4) is 0 Å². The third kappa shape index (κ3) is 2.48. The number of rotatable bonds is 3. The van der Waals surface area contributed by atoms with Gasteiger partial charge in [-0.3, -0.25) is 15.0 Å². The largest absolute Gasteiger partial charge is 0.370 e. The normalized spacial score (nSPS) is 22.4. The number of benzene rings is 1. The summed E-state index contributed by atoms with van der Waals surface area (Å²) in [5.74, 6) is 0. The van der Waals surface area contributed by atoms with Gasteiger partial charge >= 0.3 is 0 Å². The number of hydrogen-bond acceptors (Lipinski definition) is 4. The zero-order valence-electron chi connectivity index (χ0n) is 10.5. The van der Waals surface area contributed by atoms with Gasteiger partial charge in [-0.05, 0) is 0 Å². The second-order valence-corrected chi connectivity index (χ2v) is 4.78. The molecule has 2 aliphatic heterocycles. The lowest BCUT2D eigenvalue weighted by atomic mass is 10.2. The Balaban J connectivity index is 1.75. The summed E-state index contributed by atoms with van der Waals surface area (Å²) in [6.45, 7) is 4.50. The van der Waals surface area contributed by atoms with Crippen LogP contribution in [0, 0.1) is 10.1 Å². The number of nitro benzene ring substituents is 1. The molecule has 1 aromatic carbocycles. The molecule has 1 unspecified atom stereocenters. The highest BCUT2D eigenvalue weighted by Crippen LogP contribution is 2.28. The van der Waals surface area contributed by atoms with Gasteiger partial charge in [0, 0.05) is 18.2 Å². The van der Waals surface area contributed by atoms with Gasteiger partial charge in [-0.2, -0.15) is 4.99 Å². The van der Waals surface area contributed by atoms with E-state index in [9.17, 15) is 10.1 Å². The number of non-ortho nitro benzene ring substituents is 1. The minimum Gasteiger partial charge on any atom is -0.370 e. The number of quaternary nitrogens is 2. The molecule has 1 aromatic rings. The molecule has 0 aromatic heterocycles. The summed E-state index contributed by atoms with van der Waals surface area (Å²) < 4.78 is 5.34. The minimum atomic E-state index is -0.388. The van der Waals surface area contributed by atoms with Crippen LogP contribution < -0.4 is 9.80 Å². The lowest BCUT2D eigenvalue weighted by Gasteiger charge is -2.24. The van der Waals surface area contributed by atoms with Crippen molar-refractivity contribution in [1.29, 1.82) is 0 Å². The number of ether oxygens (including phenoxy) is 1. The summed E-state index contributed by atoms with van der Waals surface area (Å²) in [7, 11) is 0. The topological polar surface area (TPSA) is 73.6 Å². The first-order valence-electron chi connectivity index (χ1n) is 6.34. The molecule has 0 amide bonds. The van der Waals surface area contributed by atoms with Crippen molar-refractivity contribution < 1.29 is 19.5 Å². The zero-order valence-corrected chi connectivity index (χ0v) is 10.5. The smallest absolute Gasteiger partial charge is 0.272 e. The average Bonchev–Trinajstić information content (AvgIpc) is 2.82. The Morgan fingerprint density at radius 1 is 1.37 bits per heavy atom. The summed E-state index contributed by atoms with van der Waals surface area (Å²) in [5.41, 5.74) is 1.82. The molecule has 100 valence electrons. The van der Waals surface area contributed by atoms with E-state index >= 15 is 0 Å². The molecule has 7 nitrogen and oxygen atoms in total. The predicted octanol–water partition coefficient (Wildman–Crippen LogP) is -1.34. The number of nitro groups is 1. The molecule has 0 aliphatic carbocycles. The van der Waals surface area contributed by atoms with Gasteiger partial charge in [0.05, 0.1) is 18.1 Å². The predicted molar refractivity (Wildman–Crippen MR) is 68.3 cm³/mol. The van der Waals surface area contributed by atoms with E-state index in [1.165, 1.54) is 11.0 Å². The monoisotopic (exact) mass is 264 g/mol. The Labute approximate surface area is 110 Å². The molecule has 1 saturated heterocycles. The van der Waals surface area contributed by atoms with Crippen LogP contribution >= 0.6 is 0 Å². The highest BCUT2D eigenvalue weighted by atomic mass is 16.6. The maximum Gasteiger partial charge on any atom is 0.272 e. The van der Waals surface area contributed by atoms with E-state index in [0.29, 0.717) is 5.69 Å². The van der Waals surface area contributed by atoms with E-state index in [0.717, 1.165) is 43.6 Å². The van der Waals surface area contributed by atoms with Gasteiger partial charge in [-0.15, -0.1) is 0 Å². The van der Waals surface area contributed by atoms with Crippen molar-refractivity contribution in [1.82, 2.24) is 0 Å². The molecule has 0 bridgehead atoms. The van der Waals surface area contributed by atoms with Crippen LogP contribution in [0.4, 0.5) is 17.1 Å². The molecule has 3 rings (SSSR count). The van der Waals surface area contributed by atoms with Crippen molar-refractivity contribution in [3.05, 3.63) is 28.3 Å². The fourth-order valence-corrected chi connectivity index (χ4v) is 2.48. The van der Waals surface area contributed by atoms with Crippen LogP contribution in [-0.4, -0.2) is 44.2 Å². The molecular weight excluding hydrogens is 248 g/mol. The Morgan fingerprint density at radius 3 is 2.89 bits per heavy atom. The van der Waals surface area contributed by atoms with Crippen molar-refractivity contribution in [3.63, 3.8) is 0 Å². The summed E-state index contributed by atoms with van der Waals surface area (Å²) in [6, 6.07) is 4.88. The molecule has 0 radical (unpaired) electrons. The maximum atomic E-state index is 10.7. The first-order chi connectivity index (χ1) is 9.24. The first-order valence-corrected chi connectivity index (χ1v) is 6.34. The fourth-order valence-electron chi connectivity index (χ4n) is 2.48. The molecule has 7 heteroatoms. The maximum absolute atomic E-state index is 10.7. The molecule has 0 spiro atoms. The Kier molecular flexibility index (Phi) is 3.24. The van der Waals surface area contributed by atoms with E-state index < -0.39 is 0 Å². The molecule has 2 aliphatic rings. The van der Waals surface area contributed by atoms with E-state index in [2.05, 4.69) is 4.99 Å². The SMILES string of the molecule is O=[N+]([O-])c1ccc2c(c1)N=C[NH+]2C[NH+]1CCOCC1. The standard InChI is InChI=1S/C12H14N4O3/c17-16(18)10-1-2-12-11(7-10)13-8-15(12)9-14-3-5-19-6-4-14/h1-2,7-8H,3-6,9H2/p+2. The van der Waals surface area contributed by atoms with Gasteiger partial charge in [0.2, 0.25) is 6.67 Å². The van der Waals surface area contributed by atoms with Crippen LogP contribution in [0.15, 0.2) is 23.2 Å². The van der Waals surface area contributed by atoms with Crippen LogP contribution in [0.25, 0.3) is 0 Å². The number of aliphatic imine (C=N–C) groups is 1. The van der Waals surface area contributed by atoms with Gasteiger partial charge in [0.25, 0.3) is 5.69 Å². The molecular formula is C12H16N4O3+2. The Hall–Kier alpha value is -1.83. The van der Waals surface area contributed by atoms with Gasteiger partial charge in [-0.25, -0.2) is 4.90 Å². The van der Waals surface area contributed by atoms with Crippen molar-refractivity contribution in [2.45, 2.75) is 0 Å². The van der Waals surface area contributed by atoms with Crippen LogP contribution in [0.2, 0.25) is 0 Å². The Bertz CT molecular complexity index is 526. The van der Waals surface area contributed by atoms with E-state index in [1.807, 2.05) is 6.34 Å². The lowest BCUT2D eigenvalue weighted by molar-refractivity contribution is -1.03. The van der Waals surface area contributed by atoms with Gasteiger partial charge < -0.3 is 4.74 Å². The van der Waals surface area contributed by atoms with Gasteiger partial charge in [0.1, 0.15) is 18.8 Å². The van der Waals surface area contributed by atoms with Crippen LogP contribution in [-0.2, 0) is 4.74 Å². The summed E-state index contributed by atoms with van der Waals surface area (Å²) in [5, 5.41) is 10.7. The average molecular weight is 264 g/mol. The number of fused-ring (bicyclic) bond motifs is 1. The van der Waals surface area contributed by atoms with Crippen LogP contribution in [0.5, 0.6) is 0 Å². The van der Waals surface area contributed by atoms with Crippen LogP contribution in [0.1, 0.15) is 0 Å². The van der Waals surface area contributed by atoms with E-state index in [4.69, 9.17) is 4.74 Å². The number of hydrogen-bond donors (Lipinski definition) is 2. The van der Waals surface area contributed by atoms with Crippen molar-refractivity contribution >= 4 is 23.4 Å². The highest BCUT2D eigenvalue weighted by molar-refractivity contribution is 5.73. The Morgan fingerprint density at radius 2 is 2.16 bits per heavy atom. The lowest BCUT2D eigenvalue weighted by Crippen LogP contribution is -3.29. The number of nitrogens with zero attached hydrogens (tertiary/aromatic N) is 2. The number of nitrogens with one attached hydrogen (secondary N) is 2. The number of morpholine rings is 1. The third-order valence-electron chi connectivity index (χ3n) is 3.54. The molecule has 0 saturated carbocycles. The summed E-state index contributed by atoms with van der Waals surface area (Å²) in [4.78, 5) is 17.2. The second kappa shape index (κ2) is 5.04. The summed E-state index contributed by atoms with van der Waals surface area (Å²) >= 11 is 0. The molecule has 2 heterocycles. The van der Waals surface area contributed by atoms with Gasteiger partial charge in [-0.1, -0.05) is 0 Å². The van der Waals surface area contributed by atoms with E-state index in [-0.39, 0.29) is 10.6 Å². The zero-order chi connectivity index (χ0) is 13.2. The fraction of sp³-hybridized carbons (Fsp3) is 0.417. The van der Waals surface area contributed by atoms with Crippen molar-refractivity contribution in [2.75, 3.05) is 33.0 Å². The second-order valence-electron chi connectivity index (χ2n) is 4.78. The molecule has 19 heavy (non-hydrogen) atoms. The molecule has 1 fully saturated rings. The van der Waals surface area contributed by atoms with Crippen molar-refractivity contribution in [2.24, 2.45) is 4.99 Å². The minimum absolute atomic E-state index is 0.0934.